The zero-order chi connectivity index (χ0) is 10.6. The number of allylic oxidation sites excluding steroid dienone is 2. The lowest BCUT2D eigenvalue weighted by Gasteiger charge is -1.96. The van der Waals surface area contributed by atoms with Crippen molar-refractivity contribution in [3.8, 4) is 0 Å². The molecule has 0 aromatic carbocycles. The number of aryl methyl sites for hydroxylation is 1. The van der Waals surface area contributed by atoms with Gasteiger partial charge in [-0.05, 0) is 13.8 Å². The van der Waals surface area contributed by atoms with Gasteiger partial charge in [0.2, 0.25) is 0 Å². The van der Waals surface area contributed by atoms with Crippen LogP contribution in [-0.2, 0) is 0 Å². The van der Waals surface area contributed by atoms with Gasteiger partial charge in [-0.15, -0.1) is 11.3 Å². The number of aromatic nitrogens is 1. The quantitative estimate of drug-likeness (QED) is 0.729. The molecule has 1 aromatic heterocycles. The van der Waals surface area contributed by atoms with Crippen molar-refractivity contribution >= 4 is 23.1 Å². The van der Waals surface area contributed by atoms with E-state index in [2.05, 4.69) is 4.98 Å². The lowest BCUT2D eigenvalue weighted by atomic mass is 10.4. The Kier molecular flexibility index (Phi) is 4.54. The SMILES string of the molecule is C/C(F)=C(/F)CCSc1nc(C)cs1. The third-order valence-electron chi connectivity index (χ3n) is 1.52. The first-order valence-electron chi connectivity index (χ1n) is 4.15. The zero-order valence-corrected chi connectivity index (χ0v) is 9.64. The van der Waals surface area contributed by atoms with Gasteiger partial charge in [-0.3, -0.25) is 0 Å². The number of thioether (sulfide) groups is 1. The first-order valence-corrected chi connectivity index (χ1v) is 6.02. The fourth-order valence-corrected chi connectivity index (χ4v) is 2.65. The number of hydrogen-bond donors (Lipinski definition) is 0. The van der Waals surface area contributed by atoms with Gasteiger partial charge in [0.1, 0.15) is 16.0 Å². The molecule has 0 spiro atoms. The van der Waals surface area contributed by atoms with Crippen LogP contribution in [0.2, 0.25) is 0 Å². The molecular formula is C9H11F2NS2. The normalized spacial score (nSPS) is 12.9. The van der Waals surface area contributed by atoms with Crippen LogP contribution in [0.1, 0.15) is 19.0 Å². The summed E-state index contributed by atoms with van der Waals surface area (Å²) in [4.78, 5) is 4.20. The molecule has 0 aliphatic rings. The van der Waals surface area contributed by atoms with Crippen molar-refractivity contribution in [3.63, 3.8) is 0 Å². The molecule has 14 heavy (non-hydrogen) atoms. The summed E-state index contributed by atoms with van der Waals surface area (Å²) in [6.07, 6.45) is 0.131. The molecule has 0 saturated heterocycles. The highest BCUT2D eigenvalue weighted by Gasteiger charge is 2.03. The van der Waals surface area contributed by atoms with Gasteiger partial charge in [0.25, 0.3) is 0 Å². The summed E-state index contributed by atoms with van der Waals surface area (Å²) in [7, 11) is 0. The first kappa shape index (κ1) is 11.7. The summed E-state index contributed by atoms with van der Waals surface area (Å²) in [5.41, 5.74) is 0.968. The second-order valence-electron chi connectivity index (χ2n) is 2.79. The molecule has 0 aliphatic carbocycles. The van der Waals surface area contributed by atoms with Crippen LogP contribution in [-0.4, -0.2) is 10.7 Å². The molecule has 0 radical (unpaired) electrons. The molecule has 0 amide bonds. The monoisotopic (exact) mass is 235 g/mol. The van der Waals surface area contributed by atoms with Gasteiger partial charge in [0.05, 0.1) is 0 Å². The van der Waals surface area contributed by atoms with Crippen molar-refractivity contribution < 1.29 is 8.78 Å². The largest absolute Gasteiger partial charge is 0.235 e. The summed E-state index contributed by atoms with van der Waals surface area (Å²) >= 11 is 2.98. The van der Waals surface area contributed by atoms with Crippen LogP contribution in [0.3, 0.4) is 0 Å². The second kappa shape index (κ2) is 5.46. The Morgan fingerprint density at radius 2 is 2.29 bits per heavy atom. The number of hydrogen-bond acceptors (Lipinski definition) is 3. The molecule has 1 heterocycles. The highest BCUT2D eigenvalue weighted by atomic mass is 32.2. The Balaban J connectivity index is 2.32. The van der Waals surface area contributed by atoms with E-state index in [1.54, 1.807) is 0 Å². The van der Waals surface area contributed by atoms with Gasteiger partial charge >= 0.3 is 0 Å². The molecule has 0 bridgehead atoms. The molecule has 0 unspecified atom stereocenters. The molecule has 0 aliphatic heterocycles. The third kappa shape index (κ3) is 3.75. The minimum atomic E-state index is -0.721. The smallest absolute Gasteiger partial charge is 0.150 e. The lowest BCUT2D eigenvalue weighted by Crippen LogP contribution is -1.83. The summed E-state index contributed by atoms with van der Waals surface area (Å²) in [5, 5.41) is 1.94. The number of thiazole rings is 1. The van der Waals surface area contributed by atoms with Crippen LogP contribution >= 0.6 is 23.1 Å². The molecule has 78 valence electrons. The Labute approximate surface area is 90.2 Å². The van der Waals surface area contributed by atoms with E-state index in [9.17, 15) is 8.78 Å². The minimum absolute atomic E-state index is 0.131. The lowest BCUT2D eigenvalue weighted by molar-refractivity contribution is 0.519. The van der Waals surface area contributed by atoms with Crippen molar-refractivity contribution in [2.45, 2.75) is 24.6 Å². The first-order chi connectivity index (χ1) is 6.59. The highest BCUT2D eigenvalue weighted by Crippen LogP contribution is 2.24. The standard InChI is InChI=1S/C9H11F2NS2/c1-6-5-14-9(12-6)13-4-3-8(11)7(2)10/h5H,3-4H2,1-2H3/b8-7-. The molecular weight excluding hydrogens is 224 g/mol. The van der Waals surface area contributed by atoms with Gasteiger partial charge in [0.15, 0.2) is 0 Å². The van der Waals surface area contributed by atoms with E-state index in [4.69, 9.17) is 0 Å². The van der Waals surface area contributed by atoms with E-state index in [0.717, 1.165) is 17.0 Å². The van der Waals surface area contributed by atoms with Gasteiger partial charge < -0.3 is 0 Å². The van der Waals surface area contributed by atoms with E-state index in [1.165, 1.54) is 23.1 Å². The van der Waals surface area contributed by atoms with Gasteiger partial charge in [-0.25, -0.2) is 13.8 Å². The zero-order valence-electron chi connectivity index (χ0n) is 8.01. The molecule has 0 atom stereocenters. The Morgan fingerprint density at radius 3 is 2.79 bits per heavy atom. The van der Waals surface area contributed by atoms with E-state index in [-0.39, 0.29) is 6.42 Å². The highest BCUT2D eigenvalue weighted by molar-refractivity contribution is 8.01. The topological polar surface area (TPSA) is 12.9 Å². The van der Waals surface area contributed by atoms with Gasteiger partial charge in [-0.1, -0.05) is 11.8 Å². The third-order valence-corrected chi connectivity index (χ3v) is 3.66. The van der Waals surface area contributed by atoms with Crippen LogP contribution in [0, 0.1) is 6.92 Å². The van der Waals surface area contributed by atoms with E-state index >= 15 is 0 Å². The molecule has 5 heteroatoms. The fraction of sp³-hybridized carbons (Fsp3) is 0.444. The number of nitrogens with zero attached hydrogens (tertiary/aromatic N) is 1. The van der Waals surface area contributed by atoms with Crippen molar-refractivity contribution in [1.29, 1.82) is 0 Å². The van der Waals surface area contributed by atoms with Crippen LogP contribution < -0.4 is 0 Å². The number of rotatable bonds is 4. The maximum atomic E-state index is 12.7. The van der Waals surface area contributed by atoms with Crippen LogP contribution in [0.25, 0.3) is 0 Å². The van der Waals surface area contributed by atoms with Crippen LogP contribution in [0.5, 0.6) is 0 Å². The Hall–Kier alpha value is -0.420. The predicted molar refractivity (Wildman–Crippen MR) is 57.1 cm³/mol. The Morgan fingerprint density at radius 1 is 1.57 bits per heavy atom. The average Bonchev–Trinajstić information content (AvgIpc) is 2.51. The van der Waals surface area contributed by atoms with E-state index < -0.39 is 11.7 Å². The van der Waals surface area contributed by atoms with Gasteiger partial charge in [0, 0.05) is 23.2 Å². The van der Waals surface area contributed by atoms with E-state index in [0.29, 0.717) is 5.75 Å². The van der Waals surface area contributed by atoms with Crippen molar-refractivity contribution in [3.05, 3.63) is 22.7 Å². The Bertz CT molecular complexity index is 329. The second-order valence-corrected chi connectivity index (χ2v) is 4.99. The summed E-state index contributed by atoms with van der Waals surface area (Å²) in [6, 6.07) is 0. The van der Waals surface area contributed by atoms with E-state index in [1.807, 2.05) is 12.3 Å². The molecule has 0 N–H and O–H groups in total. The van der Waals surface area contributed by atoms with Gasteiger partial charge in [-0.2, -0.15) is 0 Å². The maximum Gasteiger partial charge on any atom is 0.150 e. The van der Waals surface area contributed by atoms with Crippen molar-refractivity contribution in [1.82, 2.24) is 4.98 Å². The summed E-state index contributed by atoms with van der Waals surface area (Å²) < 4.78 is 25.9. The molecule has 0 fully saturated rings. The minimum Gasteiger partial charge on any atom is -0.235 e. The van der Waals surface area contributed by atoms with Crippen LogP contribution in [0.15, 0.2) is 21.4 Å². The molecule has 1 rings (SSSR count). The predicted octanol–water partition coefficient (Wildman–Crippen LogP) is 4.10. The van der Waals surface area contributed by atoms with Crippen LogP contribution in [0.4, 0.5) is 8.78 Å². The fourth-order valence-electron chi connectivity index (χ4n) is 0.799. The number of halogens is 2. The maximum absolute atomic E-state index is 12.7. The molecule has 1 aromatic rings. The van der Waals surface area contributed by atoms with Crippen molar-refractivity contribution in [2.24, 2.45) is 0 Å². The molecule has 1 nitrogen and oxygen atoms in total. The van der Waals surface area contributed by atoms with Crippen molar-refractivity contribution in [2.75, 3.05) is 5.75 Å². The summed E-state index contributed by atoms with van der Waals surface area (Å²) in [6.45, 7) is 3.04. The summed E-state index contributed by atoms with van der Waals surface area (Å²) in [5.74, 6) is -0.855. The average molecular weight is 235 g/mol. The molecule has 0 saturated carbocycles.